The summed E-state index contributed by atoms with van der Waals surface area (Å²) in [5.74, 6) is 0.955. The van der Waals surface area contributed by atoms with E-state index in [0.29, 0.717) is 0 Å². The lowest BCUT2D eigenvalue weighted by molar-refractivity contribution is -0.112. The zero-order valence-corrected chi connectivity index (χ0v) is 9.41. The van der Waals surface area contributed by atoms with Crippen LogP contribution in [0.2, 0.25) is 0 Å². The molecule has 1 aromatic carbocycles. The summed E-state index contributed by atoms with van der Waals surface area (Å²) in [5.41, 5.74) is 2.15. The Hall–Kier alpha value is -1.57. The van der Waals surface area contributed by atoms with Crippen LogP contribution in [-0.4, -0.2) is 12.9 Å². The molecule has 1 aromatic rings. The van der Waals surface area contributed by atoms with Crippen molar-refractivity contribution in [2.45, 2.75) is 20.3 Å². The molecule has 0 bridgehead atoms. The fourth-order valence-corrected chi connectivity index (χ4v) is 1.55. The summed E-state index contributed by atoms with van der Waals surface area (Å²) in [6.45, 7) is 3.51. The van der Waals surface area contributed by atoms with Crippen molar-refractivity contribution in [3.8, 4) is 5.75 Å². The smallest absolute Gasteiger partial charge is 0.152 e. The van der Waals surface area contributed by atoms with E-state index in [4.69, 9.17) is 4.74 Å². The molecule has 1 rings (SSSR count). The lowest BCUT2D eigenvalue weighted by atomic mass is 10.0. The van der Waals surface area contributed by atoms with Crippen molar-refractivity contribution in [3.63, 3.8) is 0 Å². The van der Waals surface area contributed by atoms with Gasteiger partial charge in [-0.05, 0) is 38.0 Å². The van der Waals surface area contributed by atoms with Crippen LogP contribution in [0, 0.1) is 0 Å². The molecule has 0 N–H and O–H groups in total. The van der Waals surface area contributed by atoms with Crippen molar-refractivity contribution in [2.75, 3.05) is 7.11 Å². The lowest BCUT2D eigenvalue weighted by Crippen LogP contribution is -1.94. The van der Waals surface area contributed by atoms with Gasteiger partial charge in [0, 0.05) is 0 Å². The molecule has 0 fully saturated rings. The minimum Gasteiger partial charge on any atom is -0.496 e. The Bertz CT molecular complexity index is 378. The van der Waals surface area contributed by atoms with E-state index in [0.717, 1.165) is 23.3 Å². The van der Waals surface area contributed by atoms with Crippen molar-refractivity contribution in [2.24, 2.45) is 0 Å². The molecule has 2 heteroatoms. The van der Waals surface area contributed by atoms with Crippen molar-refractivity contribution in [3.05, 3.63) is 41.5 Å². The number of allylic oxidation sites excluding steroid dienone is 2. The Morgan fingerprint density at radius 3 is 2.60 bits per heavy atom. The Labute approximate surface area is 90.6 Å². The third-order valence-electron chi connectivity index (χ3n) is 2.11. The molecule has 0 aliphatic heterocycles. The summed E-state index contributed by atoms with van der Waals surface area (Å²) in [6, 6.07) is 7.85. The summed E-state index contributed by atoms with van der Waals surface area (Å²) >= 11 is 0. The number of methoxy groups -OCH3 is 1. The van der Waals surface area contributed by atoms with Crippen LogP contribution in [0.5, 0.6) is 5.75 Å². The maximum absolute atomic E-state index is 10.9. The predicted octanol–water partition coefficient (Wildman–Crippen LogP) is 2.77. The minimum absolute atomic E-state index is 0.0856. The summed E-state index contributed by atoms with van der Waals surface area (Å²) < 4.78 is 5.24. The van der Waals surface area contributed by atoms with Gasteiger partial charge in [0.25, 0.3) is 0 Å². The molecule has 0 amide bonds. The number of carbonyl (C=O) groups excluding carboxylic acids is 1. The monoisotopic (exact) mass is 204 g/mol. The van der Waals surface area contributed by atoms with Gasteiger partial charge in [0.15, 0.2) is 5.78 Å². The van der Waals surface area contributed by atoms with Crippen LogP contribution in [0.15, 0.2) is 35.9 Å². The Morgan fingerprint density at radius 1 is 1.33 bits per heavy atom. The van der Waals surface area contributed by atoms with E-state index in [2.05, 4.69) is 0 Å². The maximum atomic E-state index is 10.9. The Morgan fingerprint density at radius 2 is 2.00 bits per heavy atom. The number of para-hydroxylation sites is 1. The third-order valence-corrected chi connectivity index (χ3v) is 2.11. The second-order valence-electron chi connectivity index (χ2n) is 3.59. The molecule has 0 saturated heterocycles. The fourth-order valence-electron chi connectivity index (χ4n) is 1.55. The number of carbonyl (C=O) groups is 1. The minimum atomic E-state index is 0.0856. The highest BCUT2D eigenvalue weighted by Gasteiger charge is 2.02. The van der Waals surface area contributed by atoms with E-state index >= 15 is 0 Å². The van der Waals surface area contributed by atoms with Gasteiger partial charge in [-0.25, -0.2) is 0 Å². The molecule has 80 valence electrons. The number of hydrogen-bond donors (Lipinski definition) is 0. The van der Waals surface area contributed by atoms with Gasteiger partial charge in [-0.15, -0.1) is 0 Å². The molecule has 0 atom stereocenters. The normalized spacial score (nSPS) is 11.3. The molecule has 0 spiro atoms. The van der Waals surface area contributed by atoms with Gasteiger partial charge < -0.3 is 4.74 Å². The first kappa shape index (κ1) is 11.5. The Kier molecular flexibility index (Phi) is 4.10. The zero-order chi connectivity index (χ0) is 11.3. The second kappa shape index (κ2) is 5.35. The van der Waals surface area contributed by atoms with Gasteiger partial charge in [0.2, 0.25) is 0 Å². The average Bonchev–Trinajstić information content (AvgIpc) is 2.17. The first-order chi connectivity index (χ1) is 7.13. The first-order valence-electron chi connectivity index (χ1n) is 4.93. The van der Waals surface area contributed by atoms with E-state index in [1.165, 1.54) is 0 Å². The first-order valence-corrected chi connectivity index (χ1v) is 4.93. The van der Waals surface area contributed by atoms with Crippen LogP contribution >= 0.6 is 0 Å². The molecular weight excluding hydrogens is 188 g/mol. The third kappa shape index (κ3) is 3.58. The van der Waals surface area contributed by atoms with Gasteiger partial charge in [0.1, 0.15) is 5.75 Å². The summed E-state index contributed by atoms with van der Waals surface area (Å²) in [7, 11) is 1.66. The van der Waals surface area contributed by atoms with Crippen LogP contribution < -0.4 is 4.74 Å². The topological polar surface area (TPSA) is 26.3 Å². The van der Waals surface area contributed by atoms with Gasteiger partial charge in [-0.2, -0.15) is 0 Å². The van der Waals surface area contributed by atoms with Crippen molar-refractivity contribution >= 4 is 5.78 Å². The van der Waals surface area contributed by atoms with Gasteiger partial charge in [-0.3, -0.25) is 4.79 Å². The van der Waals surface area contributed by atoms with E-state index in [9.17, 15) is 4.79 Å². The molecule has 0 heterocycles. The number of rotatable bonds is 4. The van der Waals surface area contributed by atoms with E-state index < -0.39 is 0 Å². The predicted molar refractivity (Wildman–Crippen MR) is 61.1 cm³/mol. The summed E-state index contributed by atoms with van der Waals surface area (Å²) in [6.07, 6.45) is 2.41. The lowest BCUT2D eigenvalue weighted by Gasteiger charge is -2.07. The van der Waals surface area contributed by atoms with Crippen LogP contribution in [0.3, 0.4) is 0 Å². The molecule has 0 aromatic heterocycles. The van der Waals surface area contributed by atoms with Crippen molar-refractivity contribution < 1.29 is 9.53 Å². The number of ketones is 1. The highest BCUT2D eigenvalue weighted by atomic mass is 16.5. The molecule has 0 aliphatic carbocycles. The van der Waals surface area contributed by atoms with E-state index in [1.54, 1.807) is 20.1 Å². The molecule has 0 saturated carbocycles. The Balaban J connectivity index is 2.84. The van der Waals surface area contributed by atoms with Crippen molar-refractivity contribution in [1.82, 2.24) is 0 Å². The van der Waals surface area contributed by atoms with Gasteiger partial charge in [-0.1, -0.05) is 23.8 Å². The van der Waals surface area contributed by atoms with Crippen LogP contribution in [0.4, 0.5) is 0 Å². The quantitative estimate of drug-likeness (QED) is 0.705. The highest BCUT2D eigenvalue weighted by Crippen LogP contribution is 2.20. The van der Waals surface area contributed by atoms with Gasteiger partial charge >= 0.3 is 0 Å². The van der Waals surface area contributed by atoms with Gasteiger partial charge in [0.05, 0.1) is 7.11 Å². The zero-order valence-electron chi connectivity index (χ0n) is 9.41. The summed E-state index contributed by atoms with van der Waals surface area (Å²) in [5, 5.41) is 0. The standard InChI is InChI=1S/C13H16O2/c1-10(8-11(2)14)9-12-6-4-5-7-13(12)15-3/h4-8H,9H2,1-3H3/b10-8+. The summed E-state index contributed by atoms with van der Waals surface area (Å²) in [4.78, 5) is 10.9. The molecular formula is C13H16O2. The molecule has 0 radical (unpaired) electrons. The van der Waals surface area contributed by atoms with Crippen molar-refractivity contribution in [1.29, 1.82) is 0 Å². The average molecular weight is 204 g/mol. The largest absolute Gasteiger partial charge is 0.496 e. The molecule has 0 unspecified atom stereocenters. The van der Waals surface area contributed by atoms with Crippen LogP contribution in [0.25, 0.3) is 0 Å². The molecule has 2 nitrogen and oxygen atoms in total. The van der Waals surface area contributed by atoms with E-state index in [-0.39, 0.29) is 5.78 Å². The fraction of sp³-hybridized carbons (Fsp3) is 0.308. The second-order valence-corrected chi connectivity index (χ2v) is 3.59. The number of ether oxygens (including phenoxy) is 1. The SMILES string of the molecule is COc1ccccc1C/C(C)=C/C(C)=O. The number of hydrogen-bond acceptors (Lipinski definition) is 2. The highest BCUT2D eigenvalue weighted by molar-refractivity contribution is 5.87. The molecule has 15 heavy (non-hydrogen) atoms. The van der Waals surface area contributed by atoms with Crippen LogP contribution in [0.1, 0.15) is 19.4 Å². The number of benzene rings is 1. The maximum Gasteiger partial charge on any atom is 0.152 e. The van der Waals surface area contributed by atoms with E-state index in [1.807, 2.05) is 31.2 Å². The molecule has 0 aliphatic rings. The van der Waals surface area contributed by atoms with Crippen LogP contribution in [-0.2, 0) is 11.2 Å².